The van der Waals surface area contributed by atoms with Crippen molar-refractivity contribution in [1.82, 2.24) is 5.06 Å². The molecule has 1 aromatic carbocycles. The molecule has 3 nitrogen and oxygen atoms in total. The Hall–Kier alpha value is 0.187. The summed E-state index contributed by atoms with van der Waals surface area (Å²) in [6, 6.07) is 7.26. The van der Waals surface area contributed by atoms with E-state index in [1.807, 2.05) is 18.2 Å². The Labute approximate surface area is 211 Å². The molecule has 0 aliphatic carbocycles. The highest BCUT2D eigenvalue weighted by Crippen LogP contribution is 2.41. The minimum atomic E-state index is -3.01. The minimum Gasteiger partial charge on any atom is -0.374 e. The molecule has 1 fully saturated rings. The first kappa shape index (κ1) is 28.4. The molecule has 0 aromatic heterocycles. The average Bonchev–Trinajstić information content (AvgIpc) is 2.70. The number of nitrogens with zero attached hydrogens (tertiary/aromatic N) is 1. The first-order chi connectivity index (χ1) is 15.0. The normalized spacial score (nSPS) is 20.8. The molecule has 0 amide bonds. The summed E-state index contributed by atoms with van der Waals surface area (Å²) in [6.07, 6.45) is 9.80. The Morgan fingerprint density at radius 3 is 2.09 bits per heavy atom. The van der Waals surface area contributed by atoms with Crippen molar-refractivity contribution in [2.45, 2.75) is 115 Å². The molecule has 1 aromatic rings. The summed E-state index contributed by atoms with van der Waals surface area (Å²) in [6.45, 7) is 11.6. The number of rotatable bonds is 13. The minimum absolute atomic E-state index is 0.0581. The van der Waals surface area contributed by atoms with Crippen LogP contribution >= 0.6 is 33.2 Å². The monoisotopic (exact) mass is 521 g/mol. The van der Waals surface area contributed by atoms with Crippen molar-refractivity contribution in [3.05, 3.63) is 35.9 Å². The summed E-state index contributed by atoms with van der Waals surface area (Å²) < 4.78 is 6.32. The number of unbranched alkanes of at least 4 members (excludes halogenated alkanes) is 4. The van der Waals surface area contributed by atoms with Crippen LogP contribution in [0.5, 0.6) is 0 Å². The van der Waals surface area contributed by atoms with Crippen LogP contribution in [0.2, 0.25) is 0 Å². The summed E-state index contributed by atoms with van der Waals surface area (Å²) in [5, 5.41) is 2.19. The van der Waals surface area contributed by atoms with E-state index in [1.165, 1.54) is 25.7 Å². The third-order valence-corrected chi connectivity index (χ3v) is 9.84. The number of hydrogen-bond acceptors (Lipinski definition) is 3. The van der Waals surface area contributed by atoms with E-state index in [0.29, 0.717) is 6.61 Å². The predicted molar refractivity (Wildman–Crippen MR) is 141 cm³/mol. The van der Waals surface area contributed by atoms with E-state index in [9.17, 15) is 0 Å². The molecule has 1 aliphatic heterocycles. The maximum absolute atomic E-state index is 6.72. The van der Waals surface area contributed by atoms with Crippen LogP contribution in [0.1, 0.15) is 104 Å². The zero-order valence-electron chi connectivity index (χ0n) is 20.5. The summed E-state index contributed by atoms with van der Waals surface area (Å²) >= 11 is 19.3. The van der Waals surface area contributed by atoms with Gasteiger partial charge in [0.15, 0.2) is 0 Å². The van der Waals surface area contributed by atoms with Crippen molar-refractivity contribution in [3.63, 3.8) is 0 Å². The summed E-state index contributed by atoms with van der Waals surface area (Å²) in [4.78, 5) is 6.72. The molecule has 1 heterocycles. The predicted octanol–water partition coefficient (Wildman–Crippen LogP) is 8.64. The number of halogens is 3. The number of hydrogen-bond donors (Lipinski definition) is 0. The molecule has 0 spiro atoms. The molecule has 2 unspecified atom stereocenters. The zero-order valence-corrected chi connectivity index (χ0v) is 23.8. The lowest BCUT2D eigenvalue weighted by Gasteiger charge is -2.52. The van der Waals surface area contributed by atoms with Gasteiger partial charge in [0.2, 0.25) is 0 Å². The fourth-order valence-electron chi connectivity index (χ4n) is 4.72. The molecule has 0 N–H and O–H groups in total. The topological polar surface area (TPSA) is 21.7 Å². The first-order valence-electron chi connectivity index (χ1n) is 12.2. The third-order valence-electron chi connectivity index (χ3n) is 6.46. The van der Waals surface area contributed by atoms with Gasteiger partial charge < -0.3 is 4.74 Å². The standard InChI is InChI=1S/C25H42Cl3NO2Si/c1-6-7-8-9-13-17-23(32(26,27)28)30-20-22(21-15-11-10-12-16-21)31-29-24(2,3)18-14-19-25(29,4)5/h10-12,15-16,22-23H,6-9,13-14,17-20H2,1-5H3. The highest BCUT2D eigenvalue weighted by molar-refractivity contribution is 7.65. The van der Waals surface area contributed by atoms with Gasteiger partial charge in [-0.15, -0.1) is 33.2 Å². The van der Waals surface area contributed by atoms with Crippen LogP contribution < -0.4 is 0 Å². The van der Waals surface area contributed by atoms with Crippen molar-refractivity contribution >= 4 is 39.2 Å². The van der Waals surface area contributed by atoms with Gasteiger partial charge in [0, 0.05) is 11.1 Å². The molecule has 2 rings (SSSR count). The van der Waals surface area contributed by atoms with Crippen molar-refractivity contribution in [1.29, 1.82) is 0 Å². The van der Waals surface area contributed by atoms with Gasteiger partial charge in [-0.1, -0.05) is 69.4 Å². The highest BCUT2D eigenvalue weighted by Gasteiger charge is 2.44. The molecule has 184 valence electrons. The largest absolute Gasteiger partial charge is 0.374 e. The third kappa shape index (κ3) is 8.76. The van der Waals surface area contributed by atoms with E-state index in [-0.39, 0.29) is 22.9 Å². The van der Waals surface area contributed by atoms with Crippen molar-refractivity contribution in [2.24, 2.45) is 0 Å². The molecule has 1 aliphatic rings. The summed E-state index contributed by atoms with van der Waals surface area (Å²) in [5.41, 5.74) is 0.637. The molecule has 1 saturated heterocycles. The van der Waals surface area contributed by atoms with E-state index >= 15 is 0 Å². The quantitative estimate of drug-likeness (QED) is 0.147. The van der Waals surface area contributed by atoms with Crippen LogP contribution in [-0.4, -0.2) is 34.5 Å². The number of ether oxygens (including phenoxy) is 1. The second kappa shape index (κ2) is 12.8. The van der Waals surface area contributed by atoms with E-state index < -0.39 is 6.00 Å². The number of hydroxylamine groups is 2. The van der Waals surface area contributed by atoms with E-state index in [1.54, 1.807) is 0 Å². The van der Waals surface area contributed by atoms with Crippen LogP contribution in [0, 0.1) is 0 Å². The molecule has 0 saturated carbocycles. The molecule has 0 bridgehead atoms. The second-order valence-corrected chi connectivity index (χ2v) is 19.2. The molecule has 7 heteroatoms. The van der Waals surface area contributed by atoms with Crippen LogP contribution in [0.25, 0.3) is 0 Å². The lowest BCUT2D eigenvalue weighted by Crippen LogP contribution is -2.58. The maximum atomic E-state index is 6.72. The Kier molecular flexibility index (Phi) is 11.3. The summed E-state index contributed by atoms with van der Waals surface area (Å²) in [5.74, 6) is 0. The van der Waals surface area contributed by atoms with Gasteiger partial charge in [0.05, 0.1) is 12.3 Å². The van der Waals surface area contributed by atoms with Gasteiger partial charge in [-0.3, -0.25) is 4.84 Å². The molecule has 32 heavy (non-hydrogen) atoms. The van der Waals surface area contributed by atoms with Crippen molar-refractivity contribution in [3.8, 4) is 0 Å². The molecule has 2 atom stereocenters. The van der Waals surface area contributed by atoms with Crippen molar-refractivity contribution < 1.29 is 9.57 Å². The van der Waals surface area contributed by atoms with Gasteiger partial charge in [0.25, 0.3) is 0 Å². The van der Waals surface area contributed by atoms with Gasteiger partial charge >= 0.3 is 6.00 Å². The van der Waals surface area contributed by atoms with Gasteiger partial charge in [0.1, 0.15) is 6.10 Å². The first-order valence-corrected chi connectivity index (χ1v) is 17.3. The number of benzene rings is 1. The SMILES string of the molecule is CCCCCCCC(OCC(ON1C(C)(C)CCCC1(C)C)c1ccccc1)[Si](Cl)(Cl)Cl. The lowest BCUT2D eigenvalue weighted by molar-refractivity contribution is -0.313. The summed E-state index contributed by atoms with van der Waals surface area (Å²) in [7, 11) is 0. The molecule has 0 radical (unpaired) electrons. The van der Waals surface area contributed by atoms with Gasteiger partial charge in [-0.05, 0) is 58.9 Å². The van der Waals surface area contributed by atoms with E-state index in [0.717, 1.165) is 37.7 Å². The van der Waals surface area contributed by atoms with Crippen LogP contribution in [-0.2, 0) is 9.57 Å². The maximum Gasteiger partial charge on any atom is 0.369 e. The Balaban J connectivity index is 2.13. The van der Waals surface area contributed by atoms with E-state index in [2.05, 4.69) is 51.8 Å². The fraction of sp³-hybridized carbons (Fsp3) is 0.760. The zero-order chi connectivity index (χ0) is 23.8. The van der Waals surface area contributed by atoms with Crippen LogP contribution in [0.15, 0.2) is 30.3 Å². The van der Waals surface area contributed by atoms with Crippen LogP contribution in [0.3, 0.4) is 0 Å². The van der Waals surface area contributed by atoms with Gasteiger partial charge in [-0.2, -0.15) is 5.06 Å². The lowest BCUT2D eigenvalue weighted by atomic mass is 9.82. The fourth-order valence-corrected chi connectivity index (χ4v) is 7.09. The second-order valence-electron chi connectivity index (χ2n) is 10.3. The van der Waals surface area contributed by atoms with Gasteiger partial charge in [-0.25, -0.2) is 0 Å². The van der Waals surface area contributed by atoms with Crippen LogP contribution in [0.4, 0.5) is 0 Å². The molecular formula is C25H42Cl3NO2Si. The number of piperidine rings is 1. The Morgan fingerprint density at radius 1 is 0.938 bits per heavy atom. The average molecular weight is 523 g/mol. The Bertz CT molecular complexity index is 651. The highest BCUT2D eigenvalue weighted by atomic mass is 35.8. The van der Waals surface area contributed by atoms with Crippen molar-refractivity contribution in [2.75, 3.05) is 6.61 Å². The van der Waals surface area contributed by atoms with E-state index in [4.69, 9.17) is 42.8 Å². The molecular weight excluding hydrogens is 481 g/mol. The Morgan fingerprint density at radius 2 is 1.53 bits per heavy atom. The smallest absolute Gasteiger partial charge is 0.369 e.